The molecule has 1 aliphatic heterocycles. The number of fused-ring (bicyclic) bond motifs is 1. The number of ether oxygens (including phenoxy) is 1. The fourth-order valence-corrected chi connectivity index (χ4v) is 3.09. The maximum absolute atomic E-state index is 6.14. The van der Waals surface area contributed by atoms with Gasteiger partial charge in [0.25, 0.3) is 0 Å². The average molecular weight is 286 g/mol. The molecule has 1 atom stereocenters. The Kier molecular flexibility index (Phi) is 5.22. The first-order chi connectivity index (χ1) is 8.70. The molecule has 2 rings (SSSR count). The lowest BCUT2D eigenvalue weighted by molar-refractivity contribution is 0.352. The molecule has 18 heavy (non-hydrogen) atoms. The molecular formula is C14H20ClNOS. The van der Waals surface area contributed by atoms with Crippen molar-refractivity contribution in [1.29, 1.82) is 0 Å². The van der Waals surface area contributed by atoms with Crippen LogP contribution >= 0.6 is 23.4 Å². The molecule has 1 aromatic rings. The SMILES string of the molecule is CCSCC(C)NCc1cc(Cl)cc2c1OCC2. The highest BCUT2D eigenvalue weighted by molar-refractivity contribution is 7.99. The molecule has 1 heterocycles. The second kappa shape index (κ2) is 6.69. The molecule has 0 fully saturated rings. The largest absolute Gasteiger partial charge is 0.493 e. The number of benzene rings is 1. The maximum Gasteiger partial charge on any atom is 0.127 e. The molecule has 2 nitrogen and oxygen atoms in total. The molecule has 1 unspecified atom stereocenters. The van der Waals surface area contributed by atoms with Crippen molar-refractivity contribution in [2.45, 2.75) is 32.9 Å². The standard InChI is InChI=1S/C14H20ClNOS/c1-3-18-9-10(2)16-8-12-7-13(15)6-11-4-5-17-14(11)12/h6-7,10,16H,3-5,8-9H2,1-2H3. The fourth-order valence-electron chi connectivity index (χ4n) is 2.12. The fraction of sp³-hybridized carbons (Fsp3) is 0.571. The Hall–Kier alpha value is -0.380. The highest BCUT2D eigenvalue weighted by Gasteiger charge is 2.17. The van der Waals surface area contributed by atoms with E-state index >= 15 is 0 Å². The van der Waals surface area contributed by atoms with Crippen LogP contribution in [0.2, 0.25) is 5.02 Å². The summed E-state index contributed by atoms with van der Waals surface area (Å²) in [6.07, 6.45) is 0.976. The van der Waals surface area contributed by atoms with Gasteiger partial charge in [0.05, 0.1) is 6.61 Å². The van der Waals surface area contributed by atoms with Gasteiger partial charge < -0.3 is 10.1 Å². The quantitative estimate of drug-likeness (QED) is 0.864. The van der Waals surface area contributed by atoms with Gasteiger partial charge in [-0.15, -0.1) is 0 Å². The van der Waals surface area contributed by atoms with E-state index in [9.17, 15) is 0 Å². The molecule has 0 bridgehead atoms. The van der Waals surface area contributed by atoms with E-state index in [1.807, 2.05) is 23.9 Å². The molecule has 1 aromatic carbocycles. The Morgan fingerprint density at radius 3 is 3.11 bits per heavy atom. The summed E-state index contributed by atoms with van der Waals surface area (Å²) in [5.74, 6) is 3.35. The van der Waals surface area contributed by atoms with Crippen molar-refractivity contribution in [3.8, 4) is 5.75 Å². The molecule has 0 radical (unpaired) electrons. The summed E-state index contributed by atoms with van der Waals surface area (Å²) < 4.78 is 5.69. The van der Waals surface area contributed by atoms with Gasteiger partial charge in [-0.05, 0) is 30.4 Å². The zero-order valence-electron chi connectivity index (χ0n) is 11.0. The van der Waals surface area contributed by atoms with E-state index in [4.69, 9.17) is 16.3 Å². The molecule has 100 valence electrons. The van der Waals surface area contributed by atoms with Crippen molar-refractivity contribution >= 4 is 23.4 Å². The van der Waals surface area contributed by atoms with Crippen LogP contribution < -0.4 is 10.1 Å². The third kappa shape index (κ3) is 3.56. The molecule has 0 saturated carbocycles. The molecule has 4 heteroatoms. The molecule has 0 aliphatic carbocycles. The van der Waals surface area contributed by atoms with Gasteiger partial charge in [-0.3, -0.25) is 0 Å². The minimum Gasteiger partial charge on any atom is -0.493 e. The van der Waals surface area contributed by atoms with Crippen molar-refractivity contribution < 1.29 is 4.74 Å². The Morgan fingerprint density at radius 1 is 1.50 bits per heavy atom. The van der Waals surface area contributed by atoms with E-state index in [-0.39, 0.29) is 0 Å². The summed E-state index contributed by atoms with van der Waals surface area (Å²) >= 11 is 8.10. The van der Waals surface area contributed by atoms with Crippen molar-refractivity contribution in [1.82, 2.24) is 5.32 Å². The van der Waals surface area contributed by atoms with Gasteiger partial charge in [-0.2, -0.15) is 11.8 Å². The zero-order chi connectivity index (χ0) is 13.0. The van der Waals surface area contributed by atoms with Crippen LogP contribution in [0.25, 0.3) is 0 Å². The van der Waals surface area contributed by atoms with Crippen molar-refractivity contribution in [2.24, 2.45) is 0 Å². The van der Waals surface area contributed by atoms with Crippen LogP contribution in [0.15, 0.2) is 12.1 Å². The first-order valence-corrected chi connectivity index (χ1v) is 7.99. The van der Waals surface area contributed by atoms with Crippen molar-refractivity contribution in [3.05, 3.63) is 28.3 Å². The van der Waals surface area contributed by atoms with Crippen LogP contribution in [0.1, 0.15) is 25.0 Å². The second-order valence-electron chi connectivity index (χ2n) is 4.59. The van der Waals surface area contributed by atoms with Gasteiger partial charge >= 0.3 is 0 Å². The first-order valence-electron chi connectivity index (χ1n) is 6.46. The average Bonchev–Trinajstić information content (AvgIpc) is 2.81. The summed E-state index contributed by atoms with van der Waals surface area (Å²) in [5.41, 5.74) is 2.43. The second-order valence-corrected chi connectivity index (χ2v) is 6.35. The van der Waals surface area contributed by atoms with Gasteiger partial charge in [-0.1, -0.05) is 18.5 Å². The van der Waals surface area contributed by atoms with Crippen LogP contribution in [-0.2, 0) is 13.0 Å². The van der Waals surface area contributed by atoms with Gasteiger partial charge in [0, 0.05) is 35.3 Å². The molecule has 0 spiro atoms. The van der Waals surface area contributed by atoms with Crippen molar-refractivity contribution in [2.75, 3.05) is 18.1 Å². The van der Waals surface area contributed by atoms with Gasteiger partial charge in [0.15, 0.2) is 0 Å². The number of nitrogens with one attached hydrogen (secondary N) is 1. The number of halogens is 1. The van der Waals surface area contributed by atoms with Crippen LogP contribution in [0.5, 0.6) is 5.75 Å². The first kappa shape index (κ1) is 14.0. The summed E-state index contributed by atoms with van der Waals surface area (Å²) in [5, 5.41) is 4.34. The molecule has 1 aliphatic rings. The normalized spacial score (nSPS) is 15.3. The third-order valence-corrected chi connectivity index (χ3v) is 4.40. The molecular weight excluding hydrogens is 266 g/mol. The highest BCUT2D eigenvalue weighted by atomic mass is 35.5. The molecule has 0 saturated heterocycles. The Balaban J connectivity index is 1.97. The smallest absolute Gasteiger partial charge is 0.127 e. The van der Waals surface area contributed by atoms with E-state index in [0.717, 1.165) is 36.1 Å². The van der Waals surface area contributed by atoms with E-state index in [0.29, 0.717) is 6.04 Å². The van der Waals surface area contributed by atoms with E-state index in [1.54, 1.807) is 0 Å². The monoisotopic (exact) mass is 285 g/mol. The lowest BCUT2D eigenvalue weighted by Crippen LogP contribution is -2.27. The van der Waals surface area contributed by atoms with Crippen molar-refractivity contribution in [3.63, 3.8) is 0 Å². The van der Waals surface area contributed by atoms with Crippen LogP contribution in [-0.4, -0.2) is 24.2 Å². The minimum absolute atomic E-state index is 0.506. The number of thioether (sulfide) groups is 1. The van der Waals surface area contributed by atoms with E-state index < -0.39 is 0 Å². The summed E-state index contributed by atoms with van der Waals surface area (Å²) in [7, 11) is 0. The number of hydrogen-bond acceptors (Lipinski definition) is 3. The lowest BCUT2D eigenvalue weighted by Gasteiger charge is -2.15. The minimum atomic E-state index is 0.506. The summed E-state index contributed by atoms with van der Waals surface area (Å²) in [6, 6.07) is 4.54. The maximum atomic E-state index is 6.14. The van der Waals surface area contributed by atoms with Gasteiger partial charge in [0.2, 0.25) is 0 Å². The third-order valence-electron chi connectivity index (χ3n) is 3.04. The van der Waals surface area contributed by atoms with Gasteiger partial charge in [0.1, 0.15) is 5.75 Å². The van der Waals surface area contributed by atoms with Crippen LogP contribution in [0, 0.1) is 0 Å². The Labute approximate surface area is 118 Å². The summed E-state index contributed by atoms with van der Waals surface area (Å²) in [4.78, 5) is 0. The van der Waals surface area contributed by atoms with Crippen LogP contribution in [0.4, 0.5) is 0 Å². The lowest BCUT2D eigenvalue weighted by atomic mass is 10.1. The summed E-state index contributed by atoms with van der Waals surface area (Å²) in [6.45, 7) is 6.02. The highest BCUT2D eigenvalue weighted by Crippen LogP contribution is 2.32. The van der Waals surface area contributed by atoms with E-state index in [2.05, 4.69) is 19.2 Å². The number of hydrogen-bond donors (Lipinski definition) is 1. The Bertz CT molecular complexity index is 411. The molecule has 0 amide bonds. The van der Waals surface area contributed by atoms with E-state index in [1.165, 1.54) is 16.9 Å². The molecule has 1 N–H and O–H groups in total. The Morgan fingerprint density at radius 2 is 2.33 bits per heavy atom. The van der Waals surface area contributed by atoms with Gasteiger partial charge in [-0.25, -0.2) is 0 Å². The predicted octanol–water partition coefficient (Wildman–Crippen LogP) is 3.51. The number of rotatable bonds is 6. The zero-order valence-corrected chi connectivity index (χ0v) is 12.5. The topological polar surface area (TPSA) is 21.3 Å². The predicted molar refractivity (Wildman–Crippen MR) is 80.0 cm³/mol. The molecule has 0 aromatic heterocycles. The van der Waals surface area contributed by atoms with Crippen LogP contribution in [0.3, 0.4) is 0 Å².